The van der Waals surface area contributed by atoms with Crippen LogP contribution in [-0.2, 0) is 9.53 Å². The normalized spacial score (nSPS) is 32.5. The highest BCUT2D eigenvalue weighted by molar-refractivity contribution is 5.88. The van der Waals surface area contributed by atoms with E-state index in [4.69, 9.17) is 19.2 Å². The Morgan fingerprint density at radius 1 is 1.10 bits per heavy atom. The van der Waals surface area contributed by atoms with Crippen molar-refractivity contribution < 1.29 is 19.0 Å². The van der Waals surface area contributed by atoms with Gasteiger partial charge in [-0.15, -0.1) is 0 Å². The van der Waals surface area contributed by atoms with Crippen molar-refractivity contribution in [3.05, 3.63) is 36.0 Å². The lowest BCUT2D eigenvalue weighted by molar-refractivity contribution is -0.144. The van der Waals surface area contributed by atoms with Gasteiger partial charge in [-0.05, 0) is 67.9 Å². The van der Waals surface area contributed by atoms with E-state index in [-0.39, 0.29) is 23.9 Å². The van der Waals surface area contributed by atoms with Crippen molar-refractivity contribution in [3.63, 3.8) is 0 Å². The van der Waals surface area contributed by atoms with Crippen LogP contribution in [-0.4, -0.2) is 31.3 Å². The molecule has 5 nitrogen and oxygen atoms in total. The molecule has 164 valence electrons. The van der Waals surface area contributed by atoms with Crippen LogP contribution in [0.5, 0.6) is 11.5 Å². The van der Waals surface area contributed by atoms with Gasteiger partial charge in [0.05, 0.1) is 31.3 Å². The number of hydrogen-bond donors (Lipinski definition) is 0. The van der Waals surface area contributed by atoms with Crippen LogP contribution in [0.1, 0.15) is 44.7 Å². The SMILES string of the molecule is COc1ccc2nc(/C=C/[C@H]3[C@@H]4CCCC[C@H]4C[C@H]4C(=O)O[C@H](C)[C@@H]34)ccc2c1OC. The number of hydrogen-bond acceptors (Lipinski definition) is 5. The number of cyclic esters (lactones) is 1. The molecule has 1 aromatic carbocycles. The zero-order valence-electron chi connectivity index (χ0n) is 18.5. The number of ether oxygens (including phenoxy) is 3. The molecule has 0 spiro atoms. The number of allylic oxidation sites excluding steroid dienone is 1. The van der Waals surface area contributed by atoms with Gasteiger partial charge < -0.3 is 14.2 Å². The van der Waals surface area contributed by atoms with E-state index in [1.54, 1.807) is 14.2 Å². The highest BCUT2D eigenvalue weighted by atomic mass is 16.6. The van der Waals surface area contributed by atoms with Crippen molar-refractivity contribution in [1.82, 2.24) is 4.98 Å². The molecule has 2 aromatic rings. The van der Waals surface area contributed by atoms with Crippen LogP contribution in [0, 0.1) is 29.6 Å². The summed E-state index contributed by atoms with van der Waals surface area (Å²) < 4.78 is 16.6. The Bertz CT molecular complexity index is 1020. The highest BCUT2D eigenvalue weighted by Crippen LogP contribution is 2.53. The van der Waals surface area contributed by atoms with Gasteiger partial charge in [0.1, 0.15) is 6.10 Å². The van der Waals surface area contributed by atoms with Crippen molar-refractivity contribution in [2.75, 3.05) is 14.2 Å². The summed E-state index contributed by atoms with van der Waals surface area (Å²) >= 11 is 0. The van der Waals surface area contributed by atoms with E-state index in [2.05, 4.69) is 19.1 Å². The summed E-state index contributed by atoms with van der Waals surface area (Å²) in [5.74, 6) is 3.43. The molecule has 1 aromatic heterocycles. The fourth-order valence-corrected chi connectivity index (χ4v) is 6.43. The third kappa shape index (κ3) is 3.48. The minimum absolute atomic E-state index is 0.00341. The summed E-state index contributed by atoms with van der Waals surface area (Å²) in [6.07, 6.45) is 10.6. The number of nitrogens with zero attached hydrogens (tertiary/aromatic N) is 1. The number of carbonyl (C=O) groups excluding carboxylic acids is 1. The molecular weight excluding hydrogens is 390 g/mol. The maximum Gasteiger partial charge on any atom is 0.309 e. The smallest absolute Gasteiger partial charge is 0.309 e. The van der Waals surface area contributed by atoms with Gasteiger partial charge in [0.25, 0.3) is 0 Å². The predicted octanol–water partition coefficient (Wildman–Crippen LogP) is 5.27. The average Bonchev–Trinajstić information content (AvgIpc) is 3.08. The fraction of sp³-hybridized carbons (Fsp3) is 0.538. The molecule has 6 atom stereocenters. The minimum atomic E-state index is -0.00341. The van der Waals surface area contributed by atoms with Crippen molar-refractivity contribution >= 4 is 22.9 Å². The Morgan fingerprint density at radius 2 is 1.94 bits per heavy atom. The minimum Gasteiger partial charge on any atom is -0.493 e. The number of aromatic nitrogens is 1. The molecule has 2 aliphatic carbocycles. The van der Waals surface area contributed by atoms with Crippen LogP contribution in [0.25, 0.3) is 17.0 Å². The second-order valence-corrected chi connectivity index (χ2v) is 9.31. The van der Waals surface area contributed by atoms with Crippen molar-refractivity contribution in [3.8, 4) is 11.5 Å². The lowest BCUT2D eigenvalue weighted by Gasteiger charge is -2.45. The Labute approximate surface area is 183 Å². The largest absolute Gasteiger partial charge is 0.493 e. The summed E-state index contributed by atoms with van der Waals surface area (Å²) in [5, 5.41) is 0.937. The van der Waals surface area contributed by atoms with Crippen LogP contribution >= 0.6 is 0 Å². The van der Waals surface area contributed by atoms with Crippen LogP contribution in [0.3, 0.4) is 0 Å². The molecule has 5 heteroatoms. The number of carbonyl (C=O) groups is 1. The summed E-state index contributed by atoms with van der Waals surface area (Å²) in [4.78, 5) is 17.3. The van der Waals surface area contributed by atoms with E-state index < -0.39 is 0 Å². The topological polar surface area (TPSA) is 57.7 Å². The second kappa shape index (κ2) is 8.18. The first-order valence-electron chi connectivity index (χ1n) is 11.5. The summed E-state index contributed by atoms with van der Waals surface area (Å²) in [6.45, 7) is 2.07. The van der Waals surface area contributed by atoms with Gasteiger partial charge in [-0.25, -0.2) is 4.98 Å². The first kappa shape index (κ1) is 20.3. The molecule has 31 heavy (non-hydrogen) atoms. The standard InChI is InChI=1S/C26H31NO4/c1-15-24-19(18-7-5-4-6-16(18)14-21(24)26(28)31-15)10-8-17-9-11-20-22(27-17)12-13-23(29-2)25(20)30-3/h8-13,15-16,18-19,21,24H,4-7,14H2,1-3H3/b10-8+/t15-,16+,18-,19+,21-,24+/m1/s1. The molecule has 1 saturated heterocycles. The van der Waals surface area contributed by atoms with Crippen molar-refractivity contribution in [1.29, 1.82) is 0 Å². The molecule has 0 bridgehead atoms. The molecule has 0 N–H and O–H groups in total. The average molecular weight is 422 g/mol. The Balaban J connectivity index is 1.47. The zero-order chi connectivity index (χ0) is 21.5. The Morgan fingerprint density at radius 3 is 2.74 bits per heavy atom. The lowest BCUT2D eigenvalue weighted by Crippen LogP contribution is -2.42. The van der Waals surface area contributed by atoms with Crippen LogP contribution in [0.2, 0.25) is 0 Å². The maximum absolute atomic E-state index is 12.5. The number of pyridine rings is 1. The summed E-state index contributed by atoms with van der Waals surface area (Å²) in [6, 6.07) is 7.93. The molecule has 0 radical (unpaired) electrons. The number of fused-ring (bicyclic) bond motifs is 3. The third-order valence-electron chi connectivity index (χ3n) is 7.80. The van der Waals surface area contributed by atoms with Gasteiger partial charge >= 0.3 is 5.97 Å². The number of methoxy groups -OCH3 is 2. The molecular formula is C26H31NO4. The first-order chi connectivity index (χ1) is 15.1. The highest BCUT2D eigenvalue weighted by Gasteiger charge is 2.53. The van der Waals surface area contributed by atoms with E-state index in [1.807, 2.05) is 24.3 Å². The summed E-state index contributed by atoms with van der Waals surface area (Å²) in [7, 11) is 3.29. The monoisotopic (exact) mass is 421 g/mol. The van der Waals surface area contributed by atoms with Crippen molar-refractivity contribution in [2.45, 2.75) is 45.1 Å². The maximum atomic E-state index is 12.5. The summed E-state index contributed by atoms with van der Waals surface area (Å²) in [5.41, 5.74) is 1.80. The number of rotatable bonds is 4. The van der Waals surface area contributed by atoms with Gasteiger partial charge in [-0.3, -0.25) is 4.79 Å². The van der Waals surface area contributed by atoms with Gasteiger partial charge in [-0.2, -0.15) is 0 Å². The number of esters is 1. The second-order valence-electron chi connectivity index (χ2n) is 9.31. The van der Waals surface area contributed by atoms with Gasteiger partial charge in [-0.1, -0.05) is 25.3 Å². The van der Waals surface area contributed by atoms with Gasteiger partial charge in [0, 0.05) is 11.3 Å². The van der Waals surface area contributed by atoms with E-state index in [0.29, 0.717) is 29.3 Å². The van der Waals surface area contributed by atoms with Crippen LogP contribution in [0.15, 0.2) is 30.3 Å². The molecule has 0 unspecified atom stereocenters. The van der Waals surface area contributed by atoms with E-state index in [0.717, 1.165) is 23.0 Å². The first-order valence-corrected chi connectivity index (χ1v) is 11.5. The van der Waals surface area contributed by atoms with E-state index in [1.165, 1.54) is 25.7 Å². The molecule has 3 fully saturated rings. The molecule has 5 rings (SSSR count). The molecule has 3 aliphatic rings. The number of benzene rings is 1. The van der Waals surface area contributed by atoms with Crippen LogP contribution in [0.4, 0.5) is 0 Å². The van der Waals surface area contributed by atoms with E-state index >= 15 is 0 Å². The molecule has 2 saturated carbocycles. The lowest BCUT2D eigenvalue weighted by atomic mass is 9.57. The zero-order valence-corrected chi connectivity index (χ0v) is 18.5. The molecule has 2 heterocycles. The van der Waals surface area contributed by atoms with Crippen LogP contribution < -0.4 is 9.47 Å². The van der Waals surface area contributed by atoms with Gasteiger partial charge in [0.2, 0.25) is 0 Å². The van der Waals surface area contributed by atoms with Gasteiger partial charge in [0.15, 0.2) is 11.5 Å². The third-order valence-corrected chi connectivity index (χ3v) is 7.80. The molecule has 0 amide bonds. The molecule has 1 aliphatic heterocycles. The predicted molar refractivity (Wildman–Crippen MR) is 120 cm³/mol. The Kier molecular flexibility index (Phi) is 5.37. The van der Waals surface area contributed by atoms with E-state index in [9.17, 15) is 4.79 Å². The fourth-order valence-electron chi connectivity index (χ4n) is 6.43. The van der Waals surface area contributed by atoms with Crippen molar-refractivity contribution in [2.24, 2.45) is 29.6 Å². The Hall–Kier alpha value is -2.56. The quantitative estimate of drug-likeness (QED) is 0.630.